The third-order valence-electron chi connectivity index (χ3n) is 2.95. The Balaban J connectivity index is 2.65. The van der Waals surface area contributed by atoms with Crippen LogP contribution in [0, 0.1) is 0 Å². The zero-order valence-corrected chi connectivity index (χ0v) is 12.5. The van der Waals surface area contributed by atoms with Crippen LogP contribution in [-0.2, 0) is 10.0 Å². The number of sulfonamides is 1. The molecule has 1 unspecified atom stereocenters. The molecular formula is C12H21N3O4S. The van der Waals surface area contributed by atoms with Gasteiger partial charge in [0.05, 0.1) is 6.20 Å². The van der Waals surface area contributed by atoms with Crippen LogP contribution in [0.25, 0.3) is 0 Å². The Morgan fingerprint density at radius 1 is 1.45 bits per heavy atom. The molecule has 20 heavy (non-hydrogen) atoms. The highest BCUT2D eigenvalue weighted by atomic mass is 32.2. The molecule has 0 radical (unpaired) electrons. The van der Waals surface area contributed by atoms with Gasteiger partial charge in [0.25, 0.3) is 10.0 Å². The van der Waals surface area contributed by atoms with Crippen molar-refractivity contribution in [3.63, 3.8) is 0 Å². The largest absolute Gasteiger partial charge is 0.478 e. The number of carboxylic acid groups (broad SMARTS) is 1. The molecule has 0 bridgehead atoms. The lowest BCUT2D eigenvalue weighted by Gasteiger charge is -2.13. The van der Waals surface area contributed by atoms with Crippen LogP contribution in [-0.4, -0.2) is 35.7 Å². The average Bonchev–Trinajstić information content (AvgIpc) is 2.84. The topological polar surface area (TPSA) is 112 Å². The van der Waals surface area contributed by atoms with Gasteiger partial charge in [0.15, 0.2) is 5.03 Å². The first kappa shape index (κ1) is 16.6. The van der Waals surface area contributed by atoms with Crippen molar-refractivity contribution in [2.75, 3.05) is 0 Å². The summed E-state index contributed by atoms with van der Waals surface area (Å²) in [5, 5.41) is 14.2. The van der Waals surface area contributed by atoms with Crippen LogP contribution < -0.4 is 4.72 Å². The van der Waals surface area contributed by atoms with Gasteiger partial charge in [-0.25, -0.2) is 17.9 Å². The molecule has 0 saturated carbocycles. The number of aromatic amines is 1. The standard InChI is InChI=1S/C12H21N3O4S/c1-3-4-5-6-7-9(2)15-20(18,19)11-10(12(16)17)8-13-14-11/h8-9,15H,3-7H2,1-2H3,(H,13,14)(H,16,17). The monoisotopic (exact) mass is 303 g/mol. The Hall–Kier alpha value is -1.41. The van der Waals surface area contributed by atoms with Crippen molar-refractivity contribution < 1.29 is 18.3 Å². The number of carbonyl (C=O) groups is 1. The highest BCUT2D eigenvalue weighted by molar-refractivity contribution is 7.89. The molecule has 1 atom stereocenters. The fourth-order valence-electron chi connectivity index (χ4n) is 1.89. The average molecular weight is 303 g/mol. The maximum absolute atomic E-state index is 12.1. The minimum Gasteiger partial charge on any atom is -0.478 e. The molecule has 7 nitrogen and oxygen atoms in total. The summed E-state index contributed by atoms with van der Waals surface area (Å²) in [5.74, 6) is -1.32. The van der Waals surface area contributed by atoms with E-state index in [2.05, 4.69) is 21.8 Å². The molecule has 0 aliphatic heterocycles. The number of aromatic carboxylic acids is 1. The van der Waals surface area contributed by atoms with Crippen LogP contribution >= 0.6 is 0 Å². The molecule has 8 heteroatoms. The number of hydrogen-bond donors (Lipinski definition) is 3. The summed E-state index contributed by atoms with van der Waals surface area (Å²) in [6, 6.07) is -0.248. The second-order valence-corrected chi connectivity index (χ2v) is 6.44. The van der Waals surface area contributed by atoms with Gasteiger partial charge in [-0.1, -0.05) is 32.6 Å². The van der Waals surface area contributed by atoms with E-state index in [9.17, 15) is 13.2 Å². The van der Waals surface area contributed by atoms with Gasteiger partial charge in [0.2, 0.25) is 0 Å². The lowest BCUT2D eigenvalue weighted by molar-refractivity contribution is 0.0692. The first-order chi connectivity index (χ1) is 9.38. The number of H-pyrrole nitrogens is 1. The third kappa shape index (κ3) is 4.61. The zero-order chi connectivity index (χ0) is 15.2. The van der Waals surface area contributed by atoms with E-state index in [1.165, 1.54) is 0 Å². The number of nitrogens with one attached hydrogen (secondary N) is 2. The molecule has 1 rings (SSSR count). The van der Waals surface area contributed by atoms with Crippen LogP contribution in [0.2, 0.25) is 0 Å². The van der Waals surface area contributed by atoms with Crippen LogP contribution in [0.3, 0.4) is 0 Å². The van der Waals surface area contributed by atoms with Crippen LogP contribution in [0.5, 0.6) is 0 Å². The van der Waals surface area contributed by atoms with Gasteiger partial charge in [-0.05, 0) is 13.3 Å². The summed E-state index contributed by atoms with van der Waals surface area (Å²) in [6.45, 7) is 3.87. The van der Waals surface area contributed by atoms with Crippen molar-refractivity contribution in [2.24, 2.45) is 0 Å². The van der Waals surface area contributed by atoms with E-state index in [-0.39, 0.29) is 11.6 Å². The van der Waals surface area contributed by atoms with Gasteiger partial charge in [0, 0.05) is 6.04 Å². The summed E-state index contributed by atoms with van der Waals surface area (Å²) < 4.78 is 26.6. The molecule has 114 valence electrons. The van der Waals surface area contributed by atoms with Crippen LogP contribution in [0.1, 0.15) is 56.3 Å². The van der Waals surface area contributed by atoms with Crippen LogP contribution in [0.4, 0.5) is 0 Å². The van der Waals surface area contributed by atoms with Gasteiger partial charge in [0.1, 0.15) is 5.56 Å². The minimum atomic E-state index is -3.88. The highest BCUT2D eigenvalue weighted by Crippen LogP contribution is 2.13. The molecule has 0 fully saturated rings. The Labute approximate surface area is 118 Å². The number of hydrogen-bond acceptors (Lipinski definition) is 4. The number of aromatic nitrogens is 2. The van der Waals surface area contributed by atoms with Crippen molar-refractivity contribution in [1.82, 2.24) is 14.9 Å². The van der Waals surface area contributed by atoms with Crippen molar-refractivity contribution in [2.45, 2.75) is 57.0 Å². The normalized spacial score (nSPS) is 13.3. The van der Waals surface area contributed by atoms with E-state index < -0.39 is 21.0 Å². The molecule has 1 heterocycles. The van der Waals surface area contributed by atoms with Gasteiger partial charge in [-0.2, -0.15) is 5.10 Å². The lowest BCUT2D eigenvalue weighted by Crippen LogP contribution is -2.33. The molecule has 0 aliphatic rings. The SMILES string of the molecule is CCCCCCC(C)NS(=O)(=O)c1[nH]ncc1C(=O)O. The Kier molecular flexibility index (Phi) is 6.15. The summed E-state index contributed by atoms with van der Waals surface area (Å²) in [7, 11) is -3.88. The predicted molar refractivity (Wildman–Crippen MR) is 74.1 cm³/mol. The fourth-order valence-corrected chi connectivity index (χ4v) is 3.26. The molecular weight excluding hydrogens is 282 g/mol. The van der Waals surface area contributed by atoms with Crippen LogP contribution in [0.15, 0.2) is 11.2 Å². The molecule has 1 aromatic heterocycles. The fraction of sp³-hybridized carbons (Fsp3) is 0.667. The summed E-state index contributed by atoms with van der Waals surface area (Å²) in [5.41, 5.74) is -0.351. The summed E-state index contributed by atoms with van der Waals surface area (Å²) >= 11 is 0. The van der Waals surface area contributed by atoms with Crippen molar-refractivity contribution >= 4 is 16.0 Å². The van der Waals surface area contributed by atoms with E-state index in [1.807, 2.05) is 0 Å². The number of unbranched alkanes of at least 4 members (excludes halogenated alkanes) is 3. The van der Waals surface area contributed by atoms with E-state index in [0.29, 0.717) is 0 Å². The predicted octanol–water partition coefficient (Wildman–Crippen LogP) is 1.75. The maximum atomic E-state index is 12.1. The van der Waals surface area contributed by atoms with E-state index in [1.54, 1.807) is 6.92 Å². The Morgan fingerprint density at radius 2 is 2.15 bits per heavy atom. The van der Waals surface area contributed by atoms with Crippen molar-refractivity contribution in [3.05, 3.63) is 11.8 Å². The maximum Gasteiger partial charge on any atom is 0.340 e. The first-order valence-corrected chi connectivity index (χ1v) is 8.15. The third-order valence-corrected chi connectivity index (χ3v) is 4.51. The zero-order valence-electron chi connectivity index (χ0n) is 11.7. The molecule has 0 spiro atoms. The molecule has 0 amide bonds. The molecule has 3 N–H and O–H groups in total. The first-order valence-electron chi connectivity index (χ1n) is 6.67. The van der Waals surface area contributed by atoms with Crippen molar-refractivity contribution in [3.8, 4) is 0 Å². The van der Waals surface area contributed by atoms with E-state index in [4.69, 9.17) is 5.11 Å². The molecule has 1 aromatic rings. The Bertz CT molecular complexity index is 539. The molecule has 0 saturated heterocycles. The summed E-state index contributed by atoms with van der Waals surface area (Å²) in [6.07, 6.45) is 5.96. The van der Waals surface area contributed by atoms with Crippen molar-refractivity contribution in [1.29, 1.82) is 0 Å². The minimum absolute atomic E-state index is 0.248. The number of carboxylic acids is 1. The number of nitrogens with zero attached hydrogens (tertiary/aromatic N) is 1. The second kappa shape index (κ2) is 7.39. The van der Waals surface area contributed by atoms with Gasteiger partial charge >= 0.3 is 5.97 Å². The van der Waals surface area contributed by atoms with Gasteiger partial charge < -0.3 is 5.11 Å². The summed E-state index contributed by atoms with van der Waals surface area (Å²) in [4.78, 5) is 10.9. The lowest BCUT2D eigenvalue weighted by atomic mass is 10.1. The molecule has 0 aliphatic carbocycles. The van der Waals surface area contributed by atoms with Gasteiger partial charge in [-0.15, -0.1) is 0 Å². The molecule has 0 aromatic carbocycles. The highest BCUT2D eigenvalue weighted by Gasteiger charge is 2.25. The number of rotatable bonds is 9. The van der Waals surface area contributed by atoms with Gasteiger partial charge in [-0.3, -0.25) is 5.10 Å². The smallest absolute Gasteiger partial charge is 0.340 e. The van der Waals surface area contributed by atoms with E-state index >= 15 is 0 Å². The second-order valence-electron chi connectivity index (χ2n) is 4.79. The Morgan fingerprint density at radius 3 is 2.75 bits per heavy atom. The van der Waals surface area contributed by atoms with E-state index in [0.717, 1.165) is 38.3 Å². The quantitative estimate of drug-likeness (QED) is 0.602.